The first kappa shape index (κ1) is 20.1. The Hall–Kier alpha value is -2.79. The topological polar surface area (TPSA) is 52.1 Å². The number of ether oxygens (including phenoxy) is 1. The van der Waals surface area contributed by atoms with Crippen molar-refractivity contribution in [3.05, 3.63) is 70.4 Å². The third-order valence-electron chi connectivity index (χ3n) is 6.35. The minimum atomic E-state index is -0.274. The van der Waals surface area contributed by atoms with E-state index in [0.29, 0.717) is 11.5 Å². The molecule has 158 valence electrons. The number of nitrogens with zero attached hydrogens (tertiary/aromatic N) is 2. The number of pyridine rings is 1. The van der Waals surface area contributed by atoms with Gasteiger partial charge in [-0.25, -0.2) is 9.78 Å². The van der Waals surface area contributed by atoms with E-state index in [4.69, 9.17) is 9.72 Å². The number of para-hydroxylation sites is 2. The lowest BCUT2D eigenvalue weighted by atomic mass is 9.70. The van der Waals surface area contributed by atoms with Gasteiger partial charge in [0.05, 0.1) is 21.3 Å². The van der Waals surface area contributed by atoms with Crippen molar-refractivity contribution in [2.75, 3.05) is 0 Å². The van der Waals surface area contributed by atoms with Crippen LogP contribution in [0.25, 0.3) is 21.1 Å². The second kappa shape index (κ2) is 7.72. The zero-order chi connectivity index (χ0) is 21.6. The van der Waals surface area contributed by atoms with Gasteiger partial charge in [-0.1, -0.05) is 51.1 Å². The van der Waals surface area contributed by atoms with Crippen molar-refractivity contribution in [2.45, 2.75) is 46.6 Å². The number of carbonyl (C=O) groups excluding carboxylic acids is 1. The number of thiazole rings is 1. The summed E-state index contributed by atoms with van der Waals surface area (Å²) >= 11 is 1.57. The van der Waals surface area contributed by atoms with Gasteiger partial charge in [-0.3, -0.25) is 4.98 Å². The van der Waals surface area contributed by atoms with E-state index in [0.717, 1.165) is 56.6 Å². The molecule has 0 N–H and O–H groups in total. The Balaban J connectivity index is 1.50. The van der Waals surface area contributed by atoms with E-state index in [1.165, 1.54) is 0 Å². The number of aryl methyl sites for hydroxylation is 1. The third kappa shape index (κ3) is 3.83. The molecule has 5 heteroatoms. The average molecular weight is 431 g/mol. The summed E-state index contributed by atoms with van der Waals surface area (Å²) in [5.74, 6) is 0.238. The Morgan fingerprint density at radius 2 is 1.81 bits per heavy atom. The summed E-state index contributed by atoms with van der Waals surface area (Å²) in [5.41, 5.74) is 4.80. The van der Waals surface area contributed by atoms with Crippen LogP contribution in [-0.2, 0) is 24.2 Å². The van der Waals surface area contributed by atoms with Crippen molar-refractivity contribution in [2.24, 2.45) is 11.3 Å². The van der Waals surface area contributed by atoms with E-state index in [9.17, 15) is 4.79 Å². The number of hydrogen-bond acceptors (Lipinski definition) is 5. The number of hydrogen-bond donors (Lipinski definition) is 0. The Labute approximate surface area is 186 Å². The van der Waals surface area contributed by atoms with Gasteiger partial charge in [0.1, 0.15) is 11.6 Å². The van der Waals surface area contributed by atoms with Crippen LogP contribution in [-0.4, -0.2) is 15.9 Å². The van der Waals surface area contributed by atoms with Crippen LogP contribution in [0.4, 0.5) is 0 Å². The number of aromatic nitrogens is 2. The summed E-state index contributed by atoms with van der Waals surface area (Å²) in [5, 5.41) is 1.69. The molecule has 1 atom stereocenters. The van der Waals surface area contributed by atoms with Crippen molar-refractivity contribution in [3.63, 3.8) is 0 Å². The minimum absolute atomic E-state index is 0.186. The van der Waals surface area contributed by atoms with Gasteiger partial charge in [-0.2, -0.15) is 0 Å². The van der Waals surface area contributed by atoms with Gasteiger partial charge in [0.2, 0.25) is 0 Å². The molecule has 4 nitrogen and oxygen atoms in total. The first-order valence-corrected chi connectivity index (χ1v) is 11.6. The van der Waals surface area contributed by atoms with Crippen LogP contribution in [0.1, 0.15) is 53.8 Å². The Morgan fingerprint density at radius 3 is 2.58 bits per heavy atom. The molecule has 0 saturated carbocycles. The minimum Gasteiger partial charge on any atom is -0.455 e. The fourth-order valence-electron chi connectivity index (χ4n) is 4.54. The number of esters is 1. The molecule has 0 radical (unpaired) electrons. The van der Waals surface area contributed by atoms with Crippen LogP contribution >= 0.6 is 11.3 Å². The SMILES string of the molecule is CC(C)(C)C1CCc2nc3ccccc3c(C(=O)OCc3nc4ccccc4s3)c2C1. The monoisotopic (exact) mass is 430 g/mol. The van der Waals surface area contributed by atoms with Gasteiger partial charge in [0.15, 0.2) is 0 Å². The molecular formula is C26H26N2O2S. The van der Waals surface area contributed by atoms with E-state index < -0.39 is 0 Å². The normalized spacial score (nSPS) is 16.4. The molecule has 0 spiro atoms. The van der Waals surface area contributed by atoms with E-state index in [1.54, 1.807) is 11.3 Å². The van der Waals surface area contributed by atoms with Gasteiger partial charge in [0.25, 0.3) is 0 Å². The van der Waals surface area contributed by atoms with E-state index in [2.05, 4.69) is 25.8 Å². The smallest absolute Gasteiger partial charge is 0.339 e. The van der Waals surface area contributed by atoms with Crippen LogP contribution in [0.3, 0.4) is 0 Å². The number of benzene rings is 2. The second-order valence-corrected chi connectivity index (χ2v) is 10.5. The molecule has 0 amide bonds. The molecule has 2 heterocycles. The quantitative estimate of drug-likeness (QED) is 0.355. The molecule has 0 bridgehead atoms. The second-order valence-electron chi connectivity index (χ2n) is 9.39. The van der Waals surface area contributed by atoms with Gasteiger partial charge >= 0.3 is 5.97 Å². The fraction of sp³-hybridized carbons (Fsp3) is 0.346. The summed E-state index contributed by atoms with van der Waals surface area (Å²) in [6.07, 6.45) is 2.87. The Kier molecular flexibility index (Phi) is 5.01. The molecule has 31 heavy (non-hydrogen) atoms. The maximum Gasteiger partial charge on any atom is 0.339 e. The van der Waals surface area contributed by atoms with Gasteiger partial charge in [0, 0.05) is 11.1 Å². The van der Waals surface area contributed by atoms with E-state index in [-0.39, 0.29) is 18.0 Å². The highest BCUT2D eigenvalue weighted by atomic mass is 32.1. The number of rotatable bonds is 3. The maximum absolute atomic E-state index is 13.4. The van der Waals surface area contributed by atoms with Crippen LogP contribution < -0.4 is 0 Å². The van der Waals surface area contributed by atoms with E-state index >= 15 is 0 Å². The van der Waals surface area contributed by atoms with Crippen molar-refractivity contribution >= 4 is 38.4 Å². The Bertz CT molecular complexity index is 1250. The zero-order valence-electron chi connectivity index (χ0n) is 18.1. The largest absolute Gasteiger partial charge is 0.455 e. The number of carbonyl (C=O) groups is 1. The lowest BCUT2D eigenvalue weighted by Gasteiger charge is -2.35. The lowest BCUT2D eigenvalue weighted by Crippen LogP contribution is -2.29. The molecule has 4 aromatic rings. The summed E-state index contributed by atoms with van der Waals surface area (Å²) in [4.78, 5) is 22.9. The molecule has 1 unspecified atom stereocenters. The molecule has 1 aliphatic rings. The summed E-state index contributed by atoms with van der Waals surface area (Å²) < 4.78 is 6.92. The highest BCUT2D eigenvalue weighted by molar-refractivity contribution is 7.18. The van der Waals surface area contributed by atoms with Gasteiger partial charge in [-0.15, -0.1) is 11.3 Å². The van der Waals surface area contributed by atoms with Crippen LogP contribution in [0.15, 0.2) is 48.5 Å². The highest BCUT2D eigenvalue weighted by Gasteiger charge is 2.33. The van der Waals surface area contributed by atoms with E-state index in [1.807, 2.05) is 48.5 Å². The first-order chi connectivity index (χ1) is 14.9. The molecule has 0 fully saturated rings. The molecule has 0 aliphatic heterocycles. The highest BCUT2D eigenvalue weighted by Crippen LogP contribution is 2.39. The molecule has 5 rings (SSSR count). The van der Waals surface area contributed by atoms with Crippen LogP contribution in [0.5, 0.6) is 0 Å². The standard InChI is InChI=1S/C26H26N2O2S/c1-26(2,3)16-12-13-20-18(14-16)24(17-8-4-5-9-19(17)27-20)25(29)30-15-23-28-21-10-6-7-11-22(21)31-23/h4-11,16H,12-15H2,1-3H3. The third-order valence-corrected chi connectivity index (χ3v) is 7.36. The zero-order valence-corrected chi connectivity index (χ0v) is 19.0. The van der Waals surface area contributed by atoms with Crippen molar-refractivity contribution in [3.8, 4) is 0 Å². The first-order valence-electron chi connectivity index (χ1n) is 10.8. The summed E-state index contributed by atoms with van der Waals surface area (Å²) in [7, 11) is 0. The Morgan fingerprint density at radius 1 is 1.06 bits per heavy atom. The molecule has 2 aromatic carbocycles. The molecule has 0 saturated heterocycles. The molecule has 1 aliphatic carbocycles. The van der Waals surface area contributed by atoms with Gasteiger partial charge < -0.3 is 4.74 Å². The predicted octanol–water partition coefficient (Wildman–Crippen LogP) is 6.35. The molecular weight excluding hydrogens is 404 g/mol. The summed E-state index contributed by atoms with van der Waals surface area (Å²) in [6, 6.07) is 15.9. The fourth-order valence-corrected chi connectivity index (χ4v) is 5.42. The summed E-state index contributed by atoms with van der Waals surface area (Å²) in [6.45, 7) is 7.03. The predicted molar refractivity (Wildman–Crippen MR) is 125 cm³/mol. The van der Waals surface area contributed by atoms with Crippen molar-refractivity contribution in [1.29, 1.82) is 0 Å². The van der Waals surface area contributed by atoms with Gasteiger partial charge in [-0.05, 0) is 54.4 Å². The van der Waals surface area contributed by atoms with Crippen molar-refractivity contribution in [1.82, 2.24) is 9.97 Å². The van der Waals surface area contributed by atoms with Crippen LogP contribution in [0.2, 0.25) is 0 Å². The van der Waals surface area contributed by atoms with Crippen LogP contribution in [0, 0.1) is 11.3 Å². The number of fused-ring (bicyclic) bond motifs is 3. The van der Waals surface area contributed by atoms with Crippen molar-refractivity contribution < 1.29 is 9.53 Å². The maximum atomic E-state index is 13.4. The molecule has 2 aromatic heterocycles. The average Bonchev–Trinajstić information content (AvgIpc) is 3.18. The lowest BCUT2D eigenvalue weighted by molar-refractivity contribution is 0.0472.